The Morgan fingerprint density at radius 1 is 1.06 bits per heavy atom. The van der Waals surface area contributed by atoms with Crippen LogP contribution in [-0.4, -0.2) is 14.7 Å². The molecule has 1 rings (SSSR count). The molecule has 0 N–H and O–H groups in total. The highest BCUT2D eigenvalue weighted by molar-refractivity contribution is 6.89. The molecule has 0 unspecified atom stereocenters. The molecule has 16 heavy (non-hydrogen) atoms. The van der Waals surface area contributed by atoms with Crippen LogP contribution in [0.15, 0.2) is 24.3 Å². The Hall–Kier alpha value is -0.763. The Morgan fingerprint density at radius 2 is 1.62 bits per heavy atom. The van der Waals surface area contributed by atoms with Gasteiger partial charge < -0.3 is 4.74 Å². The fourth-order valence-corrected chi connectivity index (χ4v) is 3.00. The van der Waals surface area contributed by atoms with E-state index in [0.717, 1.165) is 12.4 Å². The Morgan fingerprint density at radius 3 is 2.12 bits per heavy atom. The summed E-state index contributed by atoms with van der Waals surface area (Å²) >= 11 is 0. The van der Waals surface area contributed by atoms with Gasteiger partial charge in [-0.15, -0.1) is 0 Å². The van der Waals surface area contributed by atoms with Crippen molar-refractivity contribution >= 4 is 13.3 Å². The molecule has 0 heterocycles. The van der Waals surface area contributed by atoms with E-state index in [-0.39, 0.29) is 5.41 Å². The van der Waals surface area contributed by atoms with Gasteiger partial charge in [0.2, 0.25) is 0 Å². The molecule has 1 nitrogen and oxygen atoms in total. The lowest BCUT2D eigenvalue weighted by atomic mass is 9.99. The topological polar surface area (TPSA) is 9.23 Å². The average molecular weight is 236 g/mol. The minimum absolute atomic E-state index is 0.215. The molecule has 0 aliphatic carbocycles. The summed E-state index contributed by atoms with van der Waals surface area (Å²) in [5, 5.41) is 1.42. The molecule has 1 aromatic rings. The van der Waals surface area contributed by atoms with Crippen molar-refractivity contribution in [2.75, 3.05) is 6.61 Å². The van der Waals surface area contributed by atoms with Crippen LogP contribution in [0.5, 0.6) is 5.75 Å². The summed E-state index contributed by atoms with van der Waals surface area (Å²) in [6.45, 7) is 14.4. The molecule has 1 aromatic carbocycles. The van der Waals surface area contributed by atoms with Crippen molar-refractivity contribution in [2.24, 2.45) is 5.41 Å². The fourth-order valence-electron chi connectivity index (χ4n) is 1.51. The van der Waals surface area contributed by atoms with Gasteiger partial charge in [0, 0.05) is 0 Å². The van der Waals surface area contributed by atoms with Crippen LogP contribution in [0.25, 0.3) is 0 Å². The van der Waals surface area contributed by atoms with E-state index < -0.39 is 8.07 Å². The lowest BCUT2D eigenvalue weighted by molar-refractivity contribution is 0.199. The maximum atomic E-state index is 5.96. The van der Waals surface area contributed by atoms with E-state index in [1.54, 1.807) is 0 Å². The summed E-state index contributed by atoms with van der Waals surface area (Å²) in [5.74, 6) is 1.08. The molecule has 0 saturated heterocycles. The van der Waals surface area contributed by atoms with Gasteiger partial charge >= 0.3 is 0 Å². The Kier molecular flexibility index (Phi) is 3.84. The standard InChI is InChI=1S/C14H24OSi/c1-14(2,3)11-15-12-9-7-8-10-13(12)16(4,5)6/h7-10H,11H2,1-6H3. The quantitative estimate of drug-likeness (QED) is 0.728. The molecule has 0 aromatic heterocycles. The summed E-state index contributed by atoms with van der Waals surface area (Å²) in [5.41, 5.74) is 0.215. The van der Waals surface area contributed by atoms with E-state index in [0.29, 0.717) is 0 Å². The van der Waals surface area contributed by atoms with E-state index in [1.165, 1.54) is 5.19 Å². The molecule has 0 bridgehead atoms. The predicted molar refractivity (Wildman–Crippen MR) is 74.4 cm³/mol. The van der Waals surface area contributed by atoms with Crippen LogP contribution in [0.1, 0.15) is 20.8 Å². The minimum atomic E-state index is -1.30. The summed E-state index contributed by atoms with van der Waals surface area (Å²) in [7, 11) is -1.30. The van der Waals surface area contributed by atoms with Crippen LogP contribution in [0, 0.1) is 5.41 Å². The van der Waals surface area contributed by atoms with E-state index in [4.69, 9.17) is 4.74 Å². The zero-order chi connectivity index (χ0) is 12.4. The monoisotopic (exact) mass is 236 g/mol. The first-order valence-electron chi connectivity index (χ1n) is 5.92. The molecule has 0 aliphatic rings. The van der Waals surface area contributed by atoms with E-state index >= 15 is 0 Å². The zero-order valence-electron chi connectivity index (χ0n) is 11.4. The molecular formula is C14H24OSi. The van der Waals surface area contributed by atoms with E-state index in [9.17, 15) is 0 Å². The summed E-state index contributed by atoms with van der Waals surface area (Å²) in [6.07, 6.45) is 0. The van der Waals surface area contributed by atoms with E-state index in [1.807, 2.05) is 0 Å². The normalized spacial score (nSPS) is 12.6. The van der Waals surface area contributed by atoms with Crippen molar-refractivity contribution in [3.8, 4) is 5.75 Å². The number of rotatable bonds is 3. The Labute approximate surface area is 101 Å². The van der Waals surface area contributed by atoms with Crippen LogP contribution in [0.3, 0.4) is 0 Å². The molecule has 0 fully saturated rings. The fraction of sp³-hybridized carbons (Fsp3) is 0.571. The molecule has 90 valence electrons. The number of para-hydroxylation sites is 1. The maximum absolute atomic E-state index is 5.96. The molecule has 0 amide bonds. The summed E-state index contributed by atoms with van der Waals surface area (Å²) in [4.78, 5) is 0. The van der Waals surface area contributed by atoms with Crippen LogP contribution in [0.2, 0.25) is 19.6 Å². The van der Waals surface area contributed by atoms with Gasteiger partial charge in [-0.1, -0.05) is 58.6 Å². The van der Waals surface area contributed by atoms with Gasteiger partial charge in [0.05, 0.1) is 14.7 Å². The van der Waals surface area contributed by atoms with Crippen LogP contribution in [0.4, 0.5) is 0 Å². The third-order valence-electron chi connectivity index (χ3n) is 2.36. The van der Waals surface area contributed by atoms with Gasteiger partial charge in [-0.2, -0.15) is 0 Å². The Balaban J connectivity index is 2.88. The van der Waals surface area contributed by atoms with Gasteiger partial charge in [0.25, 0.3) is 0 Å². The second kappa shape index (κ2) is 4.62. The number of hydrogen-bond donors (Lipinski definition) is 0. The van der Waals surface area contributed by atoms with Crippen LogP contribution >= 0.6 is 0 Å². The second-order valence-electron chi connectivity index (χ2n) is 6.60. The Bertz CT molecular complexity index is 344. The lowest BCUT2D eigenvalue weighted by Gasteiger charge is -2.24. The third kappa shape index (κ3) is 4.01. The van der Waals surface area contributed by atoms with E-state index in [2.05, 4.69) is 64.7 Å². The van der Waals surface area contributed by atoms with Crippen LogP contribution < -0.4 is 9.92 Å². The first kappa shape index (κ1) is 13.3. The summed E-state index contributed by atoms with van der Waals surface area (Å²) in [6, 6.07) is 8.47. The van der Waals surface area contributed by atoms with Crippen molar-refractivity contribution in [1.29, 1.82) is 0 Å². The highest BCUT2D eigenvalue weighted by Crippen LogP contribution is 2.18. The van der Waals surface area contributed by atoms with Crippen molar-refractivity contribution in [1.82, 2.24) is 0 Å². The largest absolute Gasteiger partial charge is 0.493 e. The van der Waals surface area contributed by atoms with Gasteiger partial charge in [0.1, 0.15) is 5.75 Å². The van der Waals surface area contributed by atoms with Crippen LogP contribution in [-0.2, 0) is 0 Å². The van der Waals surface area contributed by atoms with Gasteiger partial charge in [-0.25, -0.2) is 0 Å². The molecule has 0 atom stereocenters. The predicted octanol–water partition coefficient (Wildman–Crippen LogP) is 3.66. The highest BCUT2D eigenvalue weighted by atomic mass is 28.3. The molecule has 0 aliphatic heterocycles. The van der Waals surface area contributed by atoms with Gasteiger partial charge in [-0.05, 0) is 16.7 Å². The first-order chi connectivity index (χ1) is 7.20. The van der Waals surface area contributed by atoms with Crippen molar-refractivity contribution in [3.63, 3.8) is 0 Å². The van der Waals surface area contributed by atoms with Gasteiger partial charge in [-0.3, -0.25) is 0 Å². The minimum Gasteiger partial charge on any atom is -0.493 e. The molecule has 0 radical (unpaired) electrons. The number of ether oxygens (including phenoxy) is 1. The summed E-state index contributed by atoms with van der Waals surface area (Å²) < 4.78 is 5.96. The molecule has 0 spiro atoms. The lowest BCUT2D eigenvalue weighted by Crippen LogP contribution is -2.39. The highest BCUT2D eigenvalue weighted by Gasteiger charge is 2.21. The molecular weight excluding hydrogens is 212 g/mol. The second-order valence-corrected chi connectivity index (χ2v) is 11.6. The van der Waals surface area contributed by atoms with Gasteiger partial charge in [0.15, 0.2) is 0 Å². The molecule has 0 saturated carbocycles. The van der Waals surface area contributed by atoms with Crippen molar-refractivity contribution < 1.29 is 4.74 Å². The smallest absolute Gasteiger partial charge is 0.118 e. The average Bonchev–Trinajstić information content (AvgIpc) is 2.12. The number of benzene rings is 1. The molecule has 2 heteroatoms. The number of hydrogen-bond acceptors (Lipinski definition) is 1. The first-order valence-corrected chi connectivity index (χ1v) is 9.42. The SMILES string of the molecule is CC(C)(C)COc1ccccc1[Si](C)(C)C. The zero-order valence-corrected chi connectivity index (χ0v) is 12.4. The van der Waals surface area contributed by atoms with Crippen molar-refractivity contribution in [2.45, 2.75) is 40.4 Å². The maximum Gasteiger partial charge on any atom is 0.118 e. The third-order valence-corrected chi connectivity index (χ3v) is 4.38. The van der Waals surface area contributed by atoms with Crippen molar-refractivity contribution in [3.05, 3.63) is 24.3 Å².